The fraction of sp³-hybridized carbons (Fsp3) is 0.542. The summed E-state index contributed by atoms with van der Waals surface area (Å²) in [4.78, 5) is 39.0. The maximum atomic E-state index is 13.2. The molecule has 2 aromatic heterocycles. The Kier molecular flexibility index (Phi) is 4.49. The number of nitrogens with zero attached hydrogens (tertiary/aromatic N) is 3. The van der Waals surface area contributed by atoms with E-state index in [2.05, 4.69) is 20.3 Å². The number of ketones is 1. The second kappa shape index (κ2) is 6.96. The Labute approximate surface area is 176 Å². The van der Waals surface area contributed by atoms with Gasteiger partial charge in [0.1, 0.15) is 17.2 Å². The lowest BCUT2D eigenvalue weighted by molar-refractivity contribution is -0.0771. The molecule has 0 aliphatic heterocycles. The van der Waals surface area contributed by atoms with Crippen LogP contribution in [0, 0.1) is 31.1 Å². The molecule has 0 spiro atoms. The number of carbonyl (C=O) groups excluding carboxylic acids is 2. The molecule has 2 heterocycles. The third kappa shape index (κ3) is 3.53. The smallest absolute Gasteiger partial charge is 0.270 e. The minimum Gasteiger partial charge on any atom is -0.345 e. The molecular weight excluding hydrogens is 376 g/mol. The highest BCUT2D eigenvalue weighted by Crippen LogP contribution is 2.63. The molecule has 156 valence electrons. The first-order valence-corrected chi connectivity index (χ1v) is 10.9. The molecule has 2 unspecified atom stereocenters. The van der Waals surface area contributed by atoms with Crippen LogP contribution in [0.15, 0.2) is 30.5 Å². The maximum absolute atomic E-state index is 13.2. The number of rotatable bonds is 5. The summed E-state index contributed by atoms with van der Waals surface area (Å²) in [5, 5.41) is 3.36. The molecule has 4 bridgehead atoms. The van der Waals surface area contributed by atoms with E-state index in [9.17, 15) is 9.59 Å². The lowest BCUT2D eigenvalue weighted by Gasteiger charge is -2.62. The van der Waals surface area contributed by atoms with Crippen LogP contribution in [0.25, 0.3) is 0 Å². The van der Waals surface area contributed by atoms with Crippen LogP contribution in [0.1, 0.15) is 77.4 Å². The summed E-state index contributed by atoms with van der Waals surface area (Å²) in [7, 11) is 0. The zero-order valence-corrected chi connectivity index (χ0v) is 17.6. The largest absolute Gasteiger partial charge is 0.345 e. The van der Waals surface area contributed by atoms with Crippen molar-refractivity contribution in [1.29, 1.82) is 0 Å². The molecule has 4 fully saturated rings. The molecule has 4 saturated carbocycles. The minimum atomic E-state index is -0.212. The van der Waals surface area contributed by atoms with Gasteiger partial charge >= 0.3 is 0 Å². The Morgan fingerprint density at radius 1 is 1.07 bits per heavy atom. The predicted octanol–water partition coefficient (Wildman–Crippen LogP) is 3.83. The average molecular weight is 405 g/mol. The van der Waals surface area contributed by atoms with Gasteiger partial charge in [-0.3, -0.25) is 14.6 Å². The number of amides is 1. The molecule has 0 aromatic carbocycles. The van der Waals surface area contributed by atoms with E-state index in [1.54, 1.807) is 18.3 Å². The number of aromatic nitrogens is 3. The summed E-state index contributed by atoms with van der Waals surface area (Å²) in [6.07, 6.45) is 8.47. The van der Waals surface area contributed by atoms with Gasteiger partial charge in [0, 0.05) is 23.9 Å². The van der Waals surface area contributed by atoms with Gasteiger partial charge < -0.3 is 5.32 Å². The minimum absolute atomic E-state index is 0.0364. The summed E-state index contributed by atoms with van der Waals surface area (Å²) in [5.41, 5.74) is 1.57. The van der Waals surface area contributed by atoms with E-state index in [1.807, 2.05) is 26.0 Å². The van der Waals surface area contributed by atoms with Crippen molar-refractivity contribution in [1.82, 2.24) is 20.3 Å². The lowest BCUT2D eigenvalue weighted by Crippen LogP contribution is -2.63. The fourth-order valence-electron chi connectivity index (χ4n) is 6.90. The van der Waals surface area contributed by atoms with Gasteiger partial charge in [-0.05, 0) is 87.8 Å². The molecular formula is C24H28N4O2. The highest BCUT2D eigenvalue weighted by atomic mass is 16.2. The van der Waals surface area contributed by atoms with E-state index in [0.717, 1.165) is 37.8 Å². The normalized spacial score (nSPS) is 31.5. The van der Waals surface area contributed by atoms with Gasteiger partial charge in [0.25, 0.3) is 5.91 Å². The van der Waals surface area contributed by atoms with Crippen LogP contribution in [0.3, 0.4) is 0 Å². The van der Waals surface area contributed by atoms with Gasteiger partial charge in [-0.2, -0.15) is 0 Å². The molecule has 2 atom stereocenters. The number of aryl methyl sites for hydroxylation is 2. The molecule has 4 aliphatic carbocycles. The second-order valence-electron chi connectivity index (χ2n) is 9.95. The van der Waals surface area contributed by atoms with E-state index in [0.29, 0.717) is 35.5 Å². The SMILES string of the molecule is Cc1cc(C(=O)CC23CC4CC(C2)CC(NC(=O)c2ccccn2)(C4)C3)nc(C)n1. The van der Waals surface area contributed by atoms with Crippen molar-refractivity contribution < 1.29 is 9.59 Å². The molecule has 1 N–H and O–H groups in total. The number of carbonyl (C=O) groups is 2. The van der Waals surface area contributed by atoms with E-state index in [-0.39, 0.29) is 22.6 Å². The number of hydrogen-bond acceptors (Lipinski definition) is 5. The molecule has 6 rings (SSSR count). The Bertz CT molecular complexity index is 969. The van der Waals surface area contributed by atoms with E-state index in [4.69, 9.17) is 0 Å². The van der Waals surface area contributed by atoms with Crippen LogP contribution in [-0.2, 0) is 0 Å². The summed E-state index contributed by atoms with van der Waals surface area (Å²) in [6, 6.07) is 7.22. The fourth-order valence-corrected chi connectivity index (χ4v) is 6.90. The van der Waals surface area contributed by atoms with E-state index >= 15 is 0 Å². The van der Waals surface area contributed by atoms with Crippen molar-refractivity contribution in [3.05, 3.63) is 53.4 Å². The number of pyridine rings is 1. The van der Waals surface area contributed by atoms with E-state index in [1.165, 1.54) is 6.42 Å². The Balaban J connectivity index is 1.38. The highest BCUT2D eigenvalue weighted by Gasteiger charge is 2.58. The van der Waals surface area contributed by atoms with Crippen LogP contribution in [0.4, 0.5) is 0 Å². The van der Waals surface area contributed by atoms with Crippen LogP contribution in [0.5, 0.6) is 0 Å². The van der Waals surface area contributed by atoms with Crippen molar-refractivity contribution in [3.63, 3.8) is 0 Å². The zero-order chi connectivity index (χ0) is 20.9. The predicted molar refractivity (Wildman–Crippen MR) is 112 cm³/mol. The van der Waals surface area contributed by atoms with Crippen LogP contribution in [0.2, 0.25) is 0 Å². The average Bonchev–Trinajstić information content (AvgIpc) is 2.66. The van der Waals surface area contributed by atoms with Crippen LogP contribution >= 0.6 is 0 Å². The molecule has 0 radical (unpaired) electrons. The van der Waals surface area contributed by atoms with Gasteiger partial charge in [-0.1, -0.05) is 6.07 Å². The molecule has 1 amide bonds. The second-order valence-corrected chi connectivity index (χ2v) is 9.95. The summed E-state index contributed by atoms with van der Waals surface area (Å²) >= 11 is 0. The van der Waals surface area contributed by atoms with Gasteiger partial charge in [-0.25, -0.2) is 9.97 Å². The van der Waals surface area contributed by atoms with Crippen LogP contribution in [-0.4, -0.2) is 32.2 Å². The maximum Gasteiger partial charge on any atom is 0.270 e. The number of Topliss-reactive ketones (excluding diaryl/α,β-unsaturated/α-hetero) is 1. The van der Waals surface area contributed by atoms with Crippen LogP contribution < -0.4 is 5.32 Å². The monoisotopic (exact) mass is 404 g/mol. The standard InChI is InChI=1S/C24H28N4O2/c1-15-7-20(27-16(2)26-15)21(29)13-23-9-17-8-18(10-23)12-24(11-17,14-23)28-22(30)19-5-3-4-6-25-19/h3-7,17-18H,8-14H2,1-2H3,(H,28,30). The molecule has 6 heteroatoms. The summed E-state index contributed by atoms with van der Waals surface area (Å²) in [6.45, 7) is 3.73. The Hall–Kier alpha value is -2.63. The van der Waals surface area contributed by atoms with Gasteiger partial charge in [0.2, 0.25) is 0 Å². The summed E-state index contributed by atoms with van der Waals surface area (Å²) in [5.74, 6) is 1.81. The lowest BCUT2D eigenvalue weighted by atomic mass is 9.46. The molecule has 4 aliphatic rings. The zero-order valence-electron chi connectivity index (χ0n) is 17.6. The number of hydrogen-bond donors (Lipinski definition) is 1. The van der Waals surface area contributed by atoms with Gasteiger partial charge in [0.05, 0.1) is 0 Å². The van der Waals surface area contributed by atoms with Crippen molar-refractivity contribution in [3.8, 4) is 0 Å². The quantitative estimate of drug-likeness (QED) is 0.766. The first-order chi connectivity index (χ1) is 14.3. The molecule has 2 aromatic rings. The molecule has 6 nitrogen and oxygen atoms in total. The third-order valence-electron chi connectivity index (χ3n) is 7.25. The highest BCUT2D eigenvalue weighted by molar-refractivity contribution is 5.95. The molecule has 0 saturated heterocycles. The first kappa shape index (κ1) is 19.3. The topological polar surface area (TPSA) is 84.8 Å². The first-order valence-electron chi connectivity index (χ1n) is 10.9. The molecule has 30 heavy (non-hydrogen) atoms. The van der Waals surface area contributed by atoms with Crippen molar-refractivity contribution in [2.45, 2.75) is 64.3 Å². The van der Waals surface area contributed by atoms with Crippen molar-refractivity contribution in [2.75, 3.05) is 0 Å². The van der Waals surface area contributed by atoms with Gasteiger partial charge in [-0.15, -0.1) is 0 Å². The third-order valence-corrected chi connectivity index (χ3v) is 7.25. The van der Waals surface area contributed by atoms with Crippen molar-refractivity contribution in [2.24, 2.45) is 17.3 Å². The Morgan fingerprint density at radius 3 is 2.50 bits per heavy atom. The van der Waals surface area contributed by atoms with Crippen molar-refractivity contribution >= 4 is 11.7 Å². The van der Waals surface area contributed by atoms with Gasteiger partial charge in [0.15, 0.2) is 5.78 Å². The number of nitrogens with one attached hydrogen (secondary N) is 1. The van der Waals surface area contributed by atoms with E-state index < -0.39 is 0 Å². The summed E-state index contributed by atoms with van der Waals surface area (Å²) < 4.78 is 0. The Morgan fingerprint density at radius 2 is 1.83 bits per heavy atom.